The molecule has 1 N–H and O–H groups in total. The first-order valence-electron chi connectivity index (χ1n) is 14.4. The number of pyridine rings is 2. The lowest BCUT2D eigenvalue weighted by molar-refractivity contribution is -0.153. The highest BCUT2D eigenvalue weighted by molar-refractivity contribution is 7.99. The topological polar surface area (TPSA) is 88.0 Å². The molecule has 0 spiro atoms. The number of fused-ring (bicyclic) bond motifs is 1. The molecule has 41 heavy (non-hydrogen) atoms. The van der Waals surface area contributed by atoms with Crippen molar-refractivity contribution >= 4 is 28.6 Å². The Hall–Kier alpha value is -2.79. The van der Waals surface area contributed by atoms with Gasteiger partial charge in [0.1, 0.15) is 11.9 Å². The summed E-state index contributed by atoms with van der Waals surface area (Å²) in [6.07, 6.45) is 3.75. The molecule has 0 radical (unpaired) electrons. The molecule has 2 fully saturated rings. The number of carboxylic acids is 1. The van der Waals surface area contributed by atoms with E-state index in [4.69, 9.17) is 9.47 Å². The van der Waals surface area contributed by atoms with E-state index in [1.165, 1.54) is 0 Å². The summed E-state index contributed by atoms with van der Waals surface area (Å²) in [6.45, 7) is 5.73. The number of methoxy groups -OCH3 is 1. The van der Waals surface area contributed by atoms with Crippen LogP contribution in [0.5, 0.6) is 5.75 Å². The van der Waals surface area contributed by atoms with Crippen LogP contribution in [0.25, 0.3) is 10.9 Å². The van der Waals surface area contributed by atoms with Crippen molar-refractivity contribution in [3.05, 3.63) is 59.9 Å². The minimum atomic E-state index is -1.31. The maximum Gasteiger partial charge on any atom is 0.309 e. The molecule has 0 amide bonds. The standard InChI is InChI=1S/C31H39FN4O4S/c1-39-24-5-6-27-25(20-24)29(23(21-34-27)22-36-14-17-40-18-15-36)26(32)7-8-31(30(37)38)9-12-35(13-10-31)16-19-41-28-4-2-3-11-33-28/h2-6,11,20-21,26H,7-10,12-19,22H2,1H3,(H,37,38). The molecule has 2 aliphatic heterocycles. The molecule has 1 atom stereocenters. The lowest BCUT2D eigenvalue weighted by atomic mass is 9.74. The number of piperidine rings is 1. The van der Waals surface area contributed by atoms with Gasteiger partial charge in [-0.05, 0) is 74.7 Å². The van der Waals surface area contributed by atoms with Crippen LogP contribution in [0.3, 0.4) is 0 Å². The number of alkyl halides is 1. The highest BCUT2D eigenvalue weighted by atomic mass is 32.2. The number of ether oxygens (including phenoxy) is 2. The highest BCUT2D eigenvalue weighted by Crippen LogP contribution is 2.42. The molecule has 10 heteroatoms. The minimum Gasteiger partial charge on any atom is -0.497 e. The summed E-state index contributed by atoms with van der Waals surface area (Å²) in [5, 5.41) is 12.0. The summed E-state index contributed by atoms with van der Waals surface area (Å²) in [5.41, 5.74) is 1.23. The molecular formula is C31H39FN4O4S. The Balaban J connectivity index is 1.27. The van der Waals surface area contributed by atoms with E-state index in [1.54, 1.807) is 31.3 Å². The van der Waals surface area contributed by atoms with Gasteiger partial charge in [-0.3, -0.25) is 14.7 Å². The SMILES string of the molecule is COc1ccc2ncc(CN3CCOCC3)c(C(F)CCC3(C(=O)O)CCN(CCSc4ccccn4)CC3)c2c1. The van der Waals surface area contributed by atoms with Gasteiger partial charge in [-0.25, -0.2) is 9.37 Å². The second-order valence-corrected chi connectivity index (χ2v) is 12.0. The second kappa shape index (κ2) is 13.9. The van der Waals surface area contributed by atoms with Crippen molar-refractivity contribution in [2.45, 2.75) is 43.4 Å². The Bertz CT molecular complexity index is 1300. The van der Waals surface area contributed by atoms with Gasteiger partial charge >= 0.3 is 5.97 Å². The number of likely N-dealkylation sites (tertiary alicyclic amines) is 1. The van der Waals surface area contributed by atoms with E-state index in [9.17, 15) is 9.90 Å². The zero-order valence-electron chi connectivity index (χ0n) is 23.6. The molecule has 3 aromatic rings. The Labute approximate surface area is 245 Å². The first-order valence-corrected chi connectivity index (χ1v) is 15.4. The van der Waals surface area contributed by atoms with Crippen molar-refractivity contribution in [2.24, 2.45) is 5.41 Å². The average molecular weight is 583 g/mol. The van der Waals surface area contributed by atoms with Crippen LogP contribution in [-0.4, -0.2) is 89.6 Å². The van der Waals surface area contributed by atoms with Gasteiger partial charge < -0.3 is 19.5 Å². The fraction of sp³-hybridized carbons (Fsp3) is 0.516. The van der Waals surface area contributed by atoms with Crippen molar-refractivity contribution < 1.29 is 23.8 Å². The van der Waals surface area contributed by atoms with Crippen LogP contribution in [-0.2, 0) is 16.1 Å². The summed E-state index contributed by atoms with van der Waals surface area (Å²) < 4.78 is 27.3. The number of morpholine rings is 1. The van der Waals surface area contributed by atoms with Crippen LogP contribution in [0.1, 0.15) is 43.0 Å². The first-order chi connectivity index (χ1) is 20.0. The normalized spacial score (nSPS) is 18.8. The van der Waals surface area contributed by atoms with E-state index in [1.807, 2.05) is 36.4 Å². The van der Waals surface area contributed by atoms with E-state index >= 15 is 4.39 Å². The Morgan fingerprint density at radius 3 is 2.66 bits per heavy atom. The molecule has 2 saturated heterocycles. The molecule has 5 rings (SSSR count). The van der Waals surface area contributed by atoms with E-state index < -0.39 is 17.6 Å². The number of aliphatic carboxylic acids is 1. The van der Waals surface area contributed by atoms with E-state index in [0.29, 0.717) is 68.9 Å². The largest absolute Gasteiger partial charge is 0.497 e. The number of benzene rings is 1. The van der Waals surface area contributed by atoms with Crippen molar-refractivity contribution in [1.29, 1.82) is 0 Å². The molecule has 2 aromatic heterocycles. The minimum absolute atomic E-state index is 0.147. The smallest absolute Gasteiger partial charge is 0.309 e. The summed E-state index contributed by atoms with van der Waals surface area (Å²) in [4.78, 5) is 26.1. The predicted octanol–water partition coefficient (Wildman–Crippen LogP) is 5.22. The van der Waals surface area contributed by atoms with Gasteiger partial charge in [0.15, 0.2) is 0 Å². The predicted molar refractivity (Wildman–Crippen MR) is 158 cm³/mol. The zero-order chi connectivity index (χ0) is 28.7. The second-order valence-electron chi connectivity index (χ2n) is 10.9. The van der Waals surface area contributed by atoms with Gasteiger partial charge in [0.05, 0.1) is 36.3 Å². The Kier molecular flexibility index (Phi) is 10.1. The van der Waals surface area contributed by atoms with Crippen LogP contribution in [0, 0.1) is 5.41 Å². The Morgan fingerprint density at radius 2 is 1.95 bits per heavy atom. The molecule has 1 unspecified atom stereocenters. The number of rotatable bonds is 12. The number of aromatic nitrogens is 2. The van der Waals surface area contributed by atoms with Gasteiger partial charge in [-0.15, -0.1) is 11.8 Å². The number of halogens is 1. The molecule has 0 aliphatic carbocycles. The number of hydrogen-bond donors (Lipinski definition) is 1. The molecule has 2 aliphatic rings. The first kappa shape index (κ1) is 29.7. The van der Waals surface area contributed by atoms with E-state index in [-0.39, 0.29) is 6.42 Å². The fourth-order valence-corrected chi connectivity index (χ4v) is 6.76. The third kappa shape index (κ3) is 7.35. The zero-order valence-corrected chi connectivity index (χ0v) is 24.5. The van der Waals surface area contributed by atoms with Crippen molar-refractivity contribution in [1.82, 2.24) is 19.8 Å². The molecule has 1 aromatic carbocycles. The quantitative estimate of drug-likeness (QED) is 0.289. The van der Waals surface area contributed by atoms with Crippen molar-refractivity contribution in [3.63, 3.8) is 0 Å². The number of carboxylic acid groups (broad SMARTS) is 1. The molecule has 8 nitrogen and oxygen atoms in total. The lowest BCUT2D eigenvalue weighted by Crippen LogP contribution is -2.45. The van der Waals surface area contributed by atoms with Gasteiger partial charge in [-0.1, -0.05) is 6.07 Å². The third-order valence-electron chi connectivity index (χ3n) is 8.45. The van der Waals surface area contributed by atoms with Crippen LogP contribution < -0.4 is 4.74 Å². The lowest BCUT2D eigenvalue weighted by Gasteiger charge is -2.39. The van der Waals surface area contributed by atoms with Gasteiger partial charge in [0.25, 0.3) is 0 Å². The van der Waals surface area contributed by atoms with Gasteiger partial charge in [0, 0.05) is 55.3 Å². The van der Waals surface area contributed by atoms with Crippen LogP contribution >= 0.6 is 11.8 Å². The van der Waals surface area contributed by atoms with Gasteiger partial charge in [-0.2, -0.15) is 0 Å². The fourth-order valence-electron chi connectivity index (χ4n) is 5.89. The molecule has 0 bridgehead atoms. The van der Waals surface area contributed by atoms with E-state index in [0.717, 1.165) is 41.4 Å². The Morgan fingerprint density at radius 1 is 1.15 bits per heavy atom. The molecular weight excluding hydrogens is 543 g/mol. The summed E-state index contributed by atoms with van der Waals surface area (Å²) >= 11 is 1.71. The molecule has 4 heterocycles. The average Bonchev–Trinajstić information content (AvgIpc) is 3.01. The third-order valence-corrected chi connectivity index (χ3v) is 9.37. The van der Waals surface area contributed by atoms with Crippen LogP contribution in [0.2, 0.25) is 0 Å². The number of hydrogen-bond acceptors (Lipinski definition) is 8. The summed E-state index contributed by atoms with van der Waals surface area (Å²) in [6, 6.07) is 11.4. The van der Waals surface area contributed by atoms with Crippen LogP contribution in [0.15, 0.2) is 53.8 Å². The number of nitrogens with zero attached hydrogens (tertiary/aromatic N) is 4. The maximum absolute atomic E-state index is 16.4. The van der Waals surface area contributed by atoms with Crippen LogP contribution in [0.4, 0.5) is 4.39 Å². The van der Waals surface area contributed by atoms with Gasteiger partial charge in [0.2, 0.25) is 0 Å². The summed E-state index contributed by atoms with van der Waals surface area (Å²) in [7, 11) is 1.60. The highest BCUT2D eigenvalue weighted by Gasteiger charge is 2.42. The van der Waals surface area contributed by atoms with E-state index in [2.05, 4.69) is 19.8 Å². The maximum atomic E-state index is 16.4. The summed E-state index contributed by atoms with van der Waals surface area (Å²) in [5.74, 6) is 0.725. The number of carbonyl (C=O) groups is 1. The molecule has 220 valence electrons. The monoisotopic (exact) mass is 582 g/mol. The van der Waals surface area contributed by atoms with Crippen molar-refractivity contribution in [3.8, 4) is 5.75 Å². The molecule has 0 saturated carbocycles. The number of thioether (sulfide) groups is 1. The van der Waals surface area contributed by atoms with Crippen molar-refractivity contribution in [2.75, 3.05) is 58.8 Å².